The summed E-state index contributed by atoms with van der Waals surface area (Å²) in [5, 5.41) is 36.4. The first-order chi connectivity index (χ1) is 22.9. The minimum atomic E-state index is -0.760. The first-order valence-corrected chi connectivity index (χ1v) is 14.8. The minimum absolute atomic E-state index is 0.232. The summed E-state index contributed by atoms with van der Waals surface area (Å²) in [6.45, 7) is 2.54. The Bertz CT molecular complexity index is 1560. The lowest BCUT2D eigenvalue weighted by Gasteiger charge is -2.43. The van der Waals surface area contributed by atoms with Crippen LogP contribution in [0.1, 0.15) is 23.8 Å². The molecule has 15 heteroatoms. The first kappa shape index (κ1) is 32.7. The number of aryl methyl sites for hydroxylation is 1. The average Bonchev–Trinajstić information content (AvgIpc) is 3.09. The number of benzene rings is 4. The summed E-state index contributed by atoms with van der Waals surface area (Å²) in [5.41, 5.74) is 2.74. The number of fused-ring (bicyclic) bond motifs is 1. The summed E-state index contributed by atoms with van der Waals surface area (Å²) in [6, 6.07) is 26.0. The lowest BCUT2D eigenvalue weighted by molar-refractivity contribution is -1.01. The summed E-state index contributed by atoms with van der Waals surface area (Å²) in [5.74, 6) is 5.82. The Kier molecular flexibility index (Phi) is 10.5. The van der Waals surface area contributed by atoms with E-state index in [4.69, 9.17) is 39.5 Å². The molecular weight excluding hydrogens is 616 g/mol. The van der Waals surface area contributed by atoms with Crippen molar-refractivity contribution < 1.29 is 54.3 Å². The van der Waals surface area contributed by atoms with E-state index in [1.165, 1.54) is 24.3 Å². The van der Waals surface area contributed by atoms with E-state index in [9.17, 15) is 15.6 Å². The van der Waals surface area contributed by atoms with Gasteiger partial charge in [-0.05, 0) is 43.3 Å². The number of nitrogens with one attached hydrogen (secondary N) is 3. The van der Waals surface area contributed by atoms with Crippen LogP contribution in [0.3, 0.4) is 0 Å². The molecule has 0 amide bonds. The second kappa shape index (κ2) is 15.1. The third-order valence-corrected chi connectivity index (χ3v) is 7.60. The van der Waals surface area contributed by atoms with Gasteiger partial charge in [0.2, 0.25) is 0 Å². The number of ether oxygens (including phenoxy) is 3. The van der Waals surface area contributed by atoms with E-state index in [0.29, 0.717) is 52.9 Å². The zero-order valence-electron chi connectivity index (χ0n) is 25.2. The highest BCUT2D eigenvalue weighted by Gasteiger charge is 2.43. The average molecular weight is 651 g/mol. The molecule has 0 radical (unpaired) electrons. The van der Waals surface area contributed by atoms with E-state index in [1.54, 1.807) is 60.7 Å². The molecule has 2 aliphatic heterocycles. The molecule has 6 rings (SSSR count). The third-order valence-electron chi connectivity index (χ3n) is 7.60. The van der Waals surface area contributed by atoms with Crippen molar-refractivity contribution >= 4 is 17.1 Å². The number of rotatable bonds is 12. The normalized spacial score (nSPS) is 22.8. The molecule has 7 unspecified atom stereocenters. The lowest BCUT2D eigenvalue weighted by Crippen LogP contribution is -3.04. The van der Waals surface area contributed by atoms with Gasteiger partial charge in [-0.2, -0.15) is 16.0 Å². The van der Waals surface area contributed by atoms with Gasteiger partial charge in [0.05, 0.1) is 13.2 Å². The quantitative estimate of drug-likeness (QED) is 0.128. The minimum Gasteiger partial charge on any atom is -0.595 e. The molecule has 0 saturated carbocycles. The maximum Gasteiger partial charge on any atom is 0.191 e. The van der Waals surface area contributed by atoms with Gasteiger partial charge in [-0.3, -0.25) is 0 Å². The molecule has 4 aromatic rings. The second-order valence-electron chi connectivity index (χ2n) is 10.9. The van der Waals surface area contributed by atoms with Crippen LogP contribution < -0.4 is 36.1 Å². The monoisotopic (exact) mass is 650 g/mol. The Balaban J connectivity index is 1.03. The van der Waals surface area contributed by atoms with Crippen molar-refractivity contribution in [3.05, 3.63) is 124 Å². The fourth-order valence-electron chi connectivity index (χ4n) is 5.10. The predicted molar refractivity (Wildman–Crippen MR) is 162 cm³/mol. The Hall–Kier alpha value is -4.20. The van der Waals surface area contributed by atoms with Gasteiger partial charge in [0.15, 0.2) is 40.6 Å². The van der Waals surface area contributed by atoms with E-state index < -0.39 is 40.3 Å². The maximum atomic E-state index is 13.1. The lowest BCUT2D eigenvalue weighted by atomic mass is 10.0. The number of nitrogens with two attached hydrogens (primary N) is 1. The van der Waals surface area contributed by atoms with E-state index in [0.717, 1.165) is 5.56 Å². The van der Waals surface area contributed by atoms with E-state index in [2.05, 4.69) is 4.99 Å². The molecule has 4 aromatic carbocycles. The SMILES string of the molecule is Cc1ccc([NH+]([O-])Oc2ccc([NH+]([O-])OC3CCOC4COC(c5ccc(O[NH+]([O-])c6ccc(OON)cc6)cc5)OC43)cc2)cc1. The van der Waals surface area contributed by atoms with Gasteiger partial charge in [-0.1, -0.05) is 34.8 Å². The Morgan fingerprint density at radius 2 is 1.21 bits per heavy atom. The van der Waals surface area contributed by atoms with Crippen LogP contribution in [0.25, 0.3) is 0 Å². The highest BCUT2D eigenvalue weighted by molar-refractivity contribution is 5.37. The summed E-state index contributed by atoms with van der Waals surface area (Å²) in [7, 11) is 0. The molecule has 0 aromatic heterocycles. The Labute approximate surface area is 269 Å². The van der Waals surface area contributed by atoms with Crippen LogP contribution in [0.5, 0.6) is 17.2 Å². The number of hydrogen-bond acceptors (Lipinski definition) is 12. The van der Waals surface area contributed by atoms with Crippen LogP contribution in [0.2, 0.25) is 0 Å². The van der Waals surface area contributed by atoms with E-state index >= 15 is 0 Å². The van der Waals surface area contributed by atoms with E-state index in [-0.39, 0.29) is 6.61 Å². The summed E-state index contributed by atoms with van der Waals surface area (Å²) < 4.78 is 18.0. The van der Waals surface area contributed by atoms with E-state index in [1.807, 2.05) is 19.1 Å². The van der Waals surface area contributed by atoms with Crippen LogP contribution in [0, 0.1) is 22.5 Å². The van der Waals surface area contributed by atoms with Crippen LogP contribution in [-0.2, 0) is 24.0 Å². The maximum absolute atomic E-state index is 13.1. The molecule has 2 heterocycles. The number of quaternary nitrogens is 3. The summed E-state index contributed by atoms with van der Waals surface area (Å²) in [4.78, 5) is 25.6. The van der Waals surface area contributed by atoms with Crippen molar-refractivity contribution in [2.45, 2.75) is 37.9 Å². The third kappa shape index (κ3) is 8.21. The second-order valence-corrected chi connectivity index (χ2v) is 10.9. The van der Waals surface area contributed by atoms with Crippen LogP contribution in [0.15, 0.2) is 97.1 Å². The molecule has 2 fully saturated rings. The van der Waals surface area contributed by atoms with Crippen molar-refractivity contribution in [1.82, 2.24) is 0 Å². The molecule has 0 bridgehead atoms. The molecule has 2 saturated heterocycles. The van der Waals surface area contributed by atoms with Gasteiger partial charge in [0.1, 0.15) is 18.3 Å². The fraction of sp³-hybridized carbons (Fsp3) is 0.250. The molecule has 47 heavy (non-hydrogen) atoms. The highest BCUT2D eigenvalue weighted by Crippen LogP contribution is 2.33. The molecule has 5 N–H and O–H groups in total. The summed E-state index contributed by atoms with van der Waals surface area (Å²) >= 11 is 0. The van der Waals surface area contributed by atoms with Crippen molar-refractivity contribution in [2.75, 3.05) is 13.2 Å². The van der Waals surface area contributed by atoms with Crippen molar-refractivity contribution in [1.29, 1.82) is 0 Å². The first-order valence-electron chi connectivity index (χ1n) is 14.8. The van der Waals surface area contributed by atoms with Gasteiger partial charge in [-0.15, -0.1) is 10.5 Å². The standard InChI is InChI=1S/C32H34N4O11/c1-21-2-6-23(7-3-21)34(37)44-27-14-8-25(9-15-27)36(39)45-29-18-19-40-30-20-41-32(42-31(29)30)22-4-12-26(13-5-22)43-35(38)24-10-16-28(17-11-24)46-47-33/h2-17,29-32,34-36H,18-20,33H2,1H3. The molecule has 248 valence electrons. The molecule has 7 atom stereocenters. The smallest absolute Gasteiger partial charge is 0.191 e. The fourth-order valence-corrected chi connectivity index (χ4v) is 5.10. The van der Waals surface area contributed by atoms with Crippen LogP contribution in [0.4, 0.5) is 17.1 Å². The Morgan fingerprint density at radius 1 is 0.681 bits per heavy atom. The molecule has 0 aliphatic carbocycles. The molecule has 2 aliphatic rings. The van der Waals surface area contributed by atoms with Gasteiger partial charge in [0.25, 0.3) is 0 Å². The van der Waals surface area contributed by atoms with Gasteiger partial charge in [0, 0.05) is 48.4 Å². The van der Waals surface area contributed by atoms with Crippen molar-refractivity contribution in [2.24, 2.45) is 5.90 Å². The number of hydrogen-bond donors (Lipinski definition) is 4. The van der Waals surface area contributed by atoms with Gasteiger partial charge >= 0.3 is 0 Å². The molecular formula is C32H34N4O11. The Morgan fingerprint density at radius 3 is 1.81 bits per heavy atom. The predicted octanol–water partition coefficient (Wildman–Crippen LogP) is 1.41. The highest BCUT2D eigenvalue weighted by atomic mass is 17.3. The van der Waals surface area contributed by atoms with Crippen LogP contribution in [-0.4, -0.2) is 31.5 Å². The zero-order chi connectivity index (χ0) is 32.8. The molecule has 0 spiro atoms. The molecule has 15 nitrogen and oxygen atoms in total. The zero-order valence-corrected chi connectivity index (χ0v) is 25.2. The summed E-state index contributed by atoms with van der Waals surface area (Å²) in [6.07, 6.45) is -1.90. The van der Waals surface area contributed by atoms with Crippen LogP contribution >= 0.6 is 0 Å². The van der Waals surface area contributed by atoms with Gasteiger partial charge in [-0.25, -0.2) is 0 Å². The van der Waals surface area contributed by atoms with Crippen molar-refractivity contribution in [3.8, 4) is 17.2 Å². The van der Waals surface area contributed by atoms with Gasteiger partial charge < -0.3 is 44.4 Å². The topological polar surface area (TPSA) is 182 Å². The largest absolute Gasteiger partial charge is 0.595 e. The van der Waals surface area contributed by atoms with Crippen molar-refractivity contribution in [3.63, 3.8) is 0 Å².